The number of hydrogen-bond acceptors (Lipinski definition) is 5. The van der Waals surface area contributed by atoms with Gasteiger partial charge in [-0.15, -0.1) is 0 Å². The molecular weight excluding hydrogens is 368 g/mol. The van der Waals surface area contributed by atoms with Crippen LogP contribution in [0, 0.1) is 5.92 Å². The van der Waals surface area contributed by atoms with Gasteiger partial charge in [-0.05, 0) is 53.5 Å². The smallest absolute Gasteiger partial charge is 0.224 e. The van der Waals surface area contributed by atoms with Crippen molar-refractivity contribution in [2.45, 2.75) is 77.2 Å². The Hall–Kier alpha value is -2.34. The van der Waals surface area contributed by atoms with Crippen molar-refractivity contribution in [3.8, 4) is 5.75 Å². The number of ether oxygens (including phenoxy) is 2. The molecule has 6 nitrogen and oxygen atoms in total. The summed E-state index contributed by atoms with van der Waals surface area (Å²) in [5.41, 5.74) is 1.21. The summed E-state index contributed by atoms with van der Waals surface area (Å²) in [5, 5.41) is 7.08. The highest BCUT2D eigenvalue weighted by Gasteiger charge is 2.63. The molecule has 0 saturated heterocycles. The highest BCUT2D eigenvalue weighted by Crippen LogP contribution is 2.63. The summed E-state index contributed by atoms with van der Waals surface area (Å²) in [6.07, 6.45) is 1.69. The van der Waals surface area contributed by atoms with E-state index in [2.05, 4.69) is 30.4 Å². The standard InChI is InChI=1S/C23H30N2O4/c1-21(2,3)27-13-16-10-15(25-29-16)12-24-20(26)18-11-23(18)14-22(4,5)28-19-9-7-6-8-17(19)23/h6-10,18H,11-14H2,1-5H3,(H,24,26)/t18-,23+/m1/s1. The van der Waals surface area contributed by atoms with E-state index in [4.69, 9.17) is 14.0 Å². The molecule has 2 heterocycles. The lowest BCUT2D eigenvalue weighted by Crippen LogP contribution is -2.40. The first kappa shape index (κ1) is 20.0. The molecule has 2 atom stereocenters. The molecule has 1 aliphatic heterocycles. The van der Waals surface area contributed by atoms with Gasteiger partial charge in [0.1, 0.15) is 23.7 Å². The second-order valence-electron chi connectivity index (χ2n) is 9.85. The summed E-state index contributed by atoms with van der Waals surface area (Å²) in [6, 6.07) is 9.93. The molecule has 1 aromatic carbocycles. The summed E-state index contributed by atoms with van der Waals surface area (Å²) in [6.45, 7) is 10.9. The van der Waals surface area contributed by atoms with Crippen LogP contribution in [-0.4, -0.2) is 22.3 Å². The van der Waals surface area contributed by atoms with Gasteiger partial charge in [-0.2, -0.15) is 0 Å². The van der Waals surface area contributed by atoms with Crippen molar-refractivity contribution < 1.29 is 18.8 Å². The number of nitrogens with one attached hydrogen (secondary N) is 1. The summed E-state index contributed by atoms with van der Waals surface area (Å²) in [5.74, 6) is 1.58. The van der Waals surface area contributed by atoms with Crippen LogP contribution in [-0.2, 0) is 28.1 Å². The van der Waals surface area contributed by atoms with E-state index in [0.717, 1.165) is 24.2 Å². The molecular formula is C23H30N2O4. The Labute approximate surface area is 171 Å². The number of para-hydroxylation sites is 1. The summed E-state index contributed by atoms with van der Waals surface area (Å²) >= 11 is 0. The first-order valence-corrected chi connectivity index (χ1v) is 10.2. The van der Waals surface area contributed by atoms with Gasteiger partial charge >= 0.3 is 0 Å². The lowest BCUT2D eigenvalue weighted by molar-refractivity contribution is -0.123. The van der Waals surface area contributed by atoms with Crippen LogP contribution in [0.15, 0.2) is 34.9 Å². The molecule has 29 heavy (non-hydrogen) atoms. The van der Waals surface area contributed by atoms with Crippen LogP contribution in [0.5, 0.6) is 5.75 Å². The maximum atomic E-state index is 12.9. The van der Waals surface area contributed by atoms with Crippen LogP contribution in [0.3, 0.4) is 0 Å². The van der Waals surface area contributed by atoms with E-state index >= 15 is 0 Å². The quantitative estimate of drug-likeness (QED) is 0.820. The van der Waals surface area contributed by atoms with Crippen molar-refractivity contribution in [2.24, 2.45) is 5.92 Å². The molecule has 2 aromatic rings. The highest BCUT2D eigenvalue weighted by atomic mass is 16.5. The van der Waals surface area contributed by atoms with Gasteiger partial charge < -0.3 is 19.3 Å². The maximum Gasteiger partial charge on any atom is 0.224 e. The third kappa shape index (κ3) is 4.17. The SMILES string of the molecule is CC(C)(C)OCc1cc(CNC(=O)[C@H]2C[C@@]23CC(C)(C)Oc2ccccc23)no1. The normalized spacial score (nSPS) is 24.7. The van der Waals surface area contributed by atoms with Gasteiger partial charge in [0, 0.05) is 23.0 Å². The number of carbonyl (C=O) groups is 1. The summed E-state index contributed by atoms with van der Waals surface area (Å²) in [4.78, 5) is 12.9. The molecule has 1 saturated carbocycles. The van der Waals surface area contributed by atoms with Gasteiger partial charge in [0.2, 0.25) is 5.91 Å². The zero-order valence-electron chi connectivity index (χ0n) is 17.9. The van der Waals surface area contributed by atoms with Crippen LogP contribution in [0.25, 0.3) is 0 Å². The molecule has 1 N–H and O–H groups in total. The molecule has 1 fully saturated rings. The largest absolute Gasteiger partial charge is 0.488 e. The van der Waals surface area contributed by atoms with Crippen molar-refractivity contribution in [3.63, 3.8) is 0 Å². The van der Waals surface area contributed by atoms with E-state index in [1.54, 1.807) is 0 Å². The molecule has 1 aromatic heterocycles. The lowest BCUT2D eigenvalue weighted by Gasteiger charge is -2.38. The Morgan fingerprint density at radius 2 is 2.07 bits per heavy atom. The van der Waals surface area contributed by atoms with E-state index in [1.165, 1.54) is 0 Å². The molecule has 0 unspecified atom stereocenters. The van der Waals surface area contributed by atoms with E-state index in [1.807, 2.05) is 45.0 Å². The Balaban J connectivity index is 1.38. The van der Waals surface area contributed by atoms with Crippen molar-refractivity contribution in [2.75, 3.05) is 0 Å². The zero-order valence-corrected chi connectivity index (χ0v) is 17.9. The van der Waals surface area contributed by atoms with Crippen LogP contribution >= 0.6 is 0 Å². The number of carbonyl (C=O) groups excluding carboxylic acids is 1. The molecule has 6 heteroatoms. The van der Waals surface area contributed by atoms with Crippen LogP contribution in [0.2, 0.25) is 0 Å². The number of amides is 1. The van der Waals surface area contributed by atoms with Gasteiger partial charge in [-0.25, -0.2) is 0 Å². The fraction of sp³-hybridized carbons (Fsp3) is 0.565. The average Bonchev–Trinajstić information content (AvgIpc) is 3.13. The predicted octanol–water partition coefficient (Wildman–Crippen LogP) is 4.12. The number of fused-ring (bicyclic) bond motifs is 2. The number of nitrogens with zero attached hydrogens (tertiary/aromatic N) is 1. The van der Waals surface area contributed by atoms with Crippen LogP contribution < -0.4 is 10.1 Å². The molecule has 4 rings (SSSR count). The van der Waals surface area contributed by atoms with Crippen molar-refractivity contribution in [3.05, 3.63) is 47.3 Å². The second-order valence-corrected chi connectivity index (χ2v) is 9.85. The van der Waals surface area contributed by atoms with E-state index < -0.39 is 0 Å². The zero-order chi connectivity index (χ0) is 20.9. The van der Waals surface area contributed by atoms with E-state index in [9.17, 15) is 4.79 Å². The average molecular weight is 399 g/mol. The molecule has 1 spiro atoms. The van der Waals surface area contributed by atoms with E-state index in [0.29, 0.717) is 24.6 Å². The Kier molecular flexibility index (Phi) is 4.73. The predicted molar refractivity (Wildman–Crippen MR) is 108 cm³/mol. The number of hydrogen-bond donors (Lipinski definition) is 1. The number of aromatic nitrogens is 1. The fourth-order valence-corrected chi connectivity index (χ4v) is 4.39. The minimum Gasteiger partial charge on any atom is -0.488 e. The van der Waals surface area contributed by atoms with Gasteiger partial charge in [0.25, 0.3) is 0 Å². The Morgan fingerprint density at radius 1 is 1.31 bits per heavy atom. The van der Waals surface area contributed by atoms with Crippen LogP contribution in [0.4, 0.5) is 0 Å². The monoisotopic (exact) mass is 398 g/mol. The van der Waals surface area contributed by atoms with Gasteiger partial charge in [-0.1, -0.05) is 23.4 Å². The van der Waals surface area contributed by atoms with Gasteiger partial charge in [0.05, 0.1) is 12.1 Å². The third-order valence-electron chi connectivity index (χ3n) is 5.64. The number of rotatable bonds is 5. The Bertz CT molecular complexity index is 912. The number of benzene rings is 1. The first-order chi connectivity index (χ1) is 13.6. The minimum atomic E-state index is -0.280. The lowest BCUT2D eigenvalue weighted by atomic mass is 9.80. The van der Waals surface area contributed by atoms with Crippen molar-refractivity contribution in [1.29, 1.82) is 0 Å². The molecule has 0 radical (unpaired) electrons. The molecule has 1 aliphatic carbocycles. The topological polar surface area (TPSA) is 73.6 Å². The third-order valence-corrected chi connectivity index (χ3v) is 5.64. The summed E-state index contributed by atoms with van der Waals surface area (Å²) < 4.78 is 17.1. The molecule has 0 bridgehead atoms. The molecule has 2 aliphatic rings. The van der Waals surface area contributed by atoms with E-state index in [-0.39, 0.29) is 28.4 Å². The highest BCUT2D eigenvalue weighted by molar-refractivity contribution is 5.85. The van der Waals surface area contributed by atoms with Gasteiger partial charge in [-0.3, -0.25) is 4.79 Å². The second kappa shape index (κ2) is 6.87. The Morgan fingerprint density at radius 3 is 2.83 bits per heavy atom. The van der Waals surface area contributed by atoms with Gasteiger partial charge in [0.15, 0.2) is 5.76 Å². The molecule has 156 valence electrons. The van der Waals surface area contributed by atoms with Crippen LogP contribution in [0.1, 0.15) is 64.5 Å². The molecule has 1 amide bonds. The maximum absolute atomic E-state index is 12.9. The van der Waals surface area contributed by atoms with Crippen molar-refractivity contribution >= 4 is 5.91 Å². The fourth-order valence-electron chi connectivity index (χ4n) is 4.39. The minimum absolute atomic E-state index is 0.0394. The first-order valence-electron chi connectivity index (χ1n) is 10.2. The van der Waals surface area contributed by atoms with Crippen molar-refractivity contribution in [1.82, 2.24) is 10.5 Å². The summed E-state index contributed by atoms with van der Waals surface area (Å²) in [7, 11) is 0.